The van der Waals surface area contributed by atoms with Crippen LogP contribution in [0, 0.1) is 0 Å². The zero-order chi connectivity index (χ0) is 13.4. The van der Waals surface area contributed by atoms with Gasteiger partial charge in [0.05, 0.1) is 13.7 Å². The predicted molar refractivity (Wildman–Crippen MR) is 76.4 cm³/mol. The van der Waals surface area contributed by atoms with Crippen LogP contribution >= 0.6 is 0 Å². The van der Waals surface area contributed by atoms with Gasteiger partial charge in [-0.05, 0) is 38.1 Å². The van der Waals surface area contributed by atoms with Crippen LogP contribution in [0.4, 0.5) is 0 Å². The van der Waals surface area contributed by atoms with Crippen molar-refractivity contribution in [1.82, 2.24) is 5.32 Å². The van der Waals surface area contributed by atoms with Gasteiger partial charge in [0, 0.05) is 6.54 Å². The summed E-state index contributed by atoms with van der Waals surface area (Å²) in [5.74, 6) is 1.58. The lowest BCUT2D eigenvalue weighted by atomic mass is 10.1. The molecule has 1 rings (SSSR count). The van der Waals surface area contributed by atoms with E-state index >= 15 is 0 Å². The van der Waals surface area contributed by atoms with E-state index in [1.165, 1.54) is 5.57 Å². The molecule has 1 aromatic rings. The maximum Gasteiger partial charge on any atom is 0.161 e. The second-order valence-corrected chi connectivity index (χ2v) is 4.03. The Kier molecular flexibility index (Phi) is 6.29. The van der Waals surface area contributed by atoms with Gasteiger partial charge in [-0.1, -0.05) is 24.6 Å². The Hall–Kier alpha value is -1.48. The van der Waals surface area contributed by atoms with E-state index in [9.17, 15) is 0 Å². The number of nitrogens with one attached hydrogen (secondary N) is 1. The summed E-state index contributed by atoms with van der Waals surface area (Å²) in [4.78, 5) is 0. The van der Waals surface area contributed by atoms with Gasteiger partial charge < -0.3 is 14.8 Å². The monoisotopic (exact) mass is 249 g/mol. The first kappa shape index (κ1) is 14.6. The van der Waals surface area contributed by atoms with Gasteiger partial charge in [0.1, 0.15) is 0 Å². The van der Waals surface area contributed by atoms with Crippen LogP contribution in [0.3, 0.4) is 0 Å². The summed E-state index contributed by atoms with van der Waals surface area (Å²) in [5.41, 5.74) is 2.51. The first-order valence-electron chi connectivity index (χ1n) is 6.40. The minimum absolute atomic E-state index is 0.640. The largest absolute Gasteiger partial charge is 0.493 e. The number of likely N-dealkylation sites (N-methyl/N-ethyl adjacent to an activating group) is 1. The first-order valence-corrected chi connectivity index (χ1v) is 6.40. The summed E-state index contributed by atoms with van der Waals surface area (Å²) in [6.07, 6.45) is 3.23. The molecule has 0 atom stereocenters. The SMILES string of the molecule is CCOc1cc(C=C(CC)CNC)ccc1OC. The van der Waals surface area contributed by atoms with Crippen LogP contribution in [0.25, 0.3) is 6.08 Å². The third-order valence-corrected chi connectivity index (χ3v) is 2.72. The lowest BCUT2D eigenvalue weighted by molar-refractivity contribution is 0.311. The molecule has 0 amide bonds. The van der Waals surface area contributed by atoms with Crippen LogP contribution in [0.1, 0.15) is 25.8 Å². The molecule has 0 fully saturated rings. The summed E-state index contributed by atoms with van der Waals surface area (Å²) in [5, 5.41) is 3.18. The van der Waals surface area contributed by atoms with Gasteiger partial charge in [-0.25, -0.2) is 0 Å². The van der Waals surface area contributed by atoms with Crippen LogP contribution in [0.15, 0.2) is 23.8 Å². The molecule has 0 aromatic heterocycles. The maximum absolute atomic E-state index is 5.57. The molecule has 100 valence electrons. The van der Waals surface area contributed by atoms with Gasteiger partial charge >= 0.3 is 0 Å². The second kappa shape index (κ2) is 7.77. The molecule has 0 aliphatic carbocycles. The van der Waals surface area contributed by atoms with Gasteiger partial charge in [-0.2, -0.15) is 0 Å². The van der Waals surface area contributed by atoms with Crippen molar-refractivity contribution in [1.29, 1.82) is 0 Å². The van der Waals surface area contributed by atoms with Gasteiger partial charge in [-0.3, -0.25) is 0 Å². The Bertz CT molecular complexity index is 399. The van der Waals surface area contributed by atoms with Gasteiger partial charge in [0.15, 0.2) is 11.5 Å². The summed E-state index contributed by atoms with van der Waals surface area (Å²) in [7, 11) is 3.62. The van der Waals surface area contributed by atoms with E-state index in [1.807, 2.05) is 32.2 Å². The molecule has 0 saturated heterocycles. The van der Waals surface area contributed by atoms with Crippen LogP contribution in [-0.4, -0.2) is 27.3 Å². The molecule has 3 nitrogen and oxygen atoms in total. The average Bonchev–Trinajstić information content (AvgIpc) is 2.39. The molecule has 0 aliphatic heterocycles. The highest BCUT2D eigenvalue weighted by atomic mass is 16.5. The maximum atomic E-state index is 5.57. The number of hydrogen-bond donors (Lipinski definition) is 1. The Morgan fingerprint density at radius 1 is 1.28 bits per heavy atom. The summed E-state index contributed by atoms with van der Waals surface area (Å²) in [6.45, 7) is 5.68. The number of ether oxygens (including phenoxy) is 2. The molecule has 1 aromatic carbocycles. The normalized spacial score (nSPS) is 11.4. The van der Waals surface area contributed by atoms with E-state index in [1.54, 1.807) is 7.11 Å². The number of benzene rings is 1. The first-order chi connectivity index (χ1) is 8.74. The van der Waals surface area contributed by atoms with Crippen molar-refractivity contribution in [2.24, 2.45) is 0 Å². The van der Waals surface area contributed by atoms with Crippen LogP contribution in [-0.2, 0) is 0 Å². The van der Waals surface area contributed by atoms with Crippen molar-refractivity contribution in [2.45, 2.75) is 20.3 Å². The molecule has 0 heterocycles. The zero-order valence-electron chi connectivity index (χ0n) is 11.7. The predicted octanol–water partition coefficient (Wildman–Crippen LogP) is 3.11. The fourth-order valence-corrected chi connectivity index (χ4v) is 1.79. The van der Waals surface area contributed by atoms with Crippen molar-refractivity contribution in [3.63, 3.8) is 0 Å². The lowest BCUT2D eigenvalue weighted by Gasteiger charge is -2.10. The van der Waals surface area contributed by atoms with Crippen LogP contribution in [0.5, 0.6) is 11.5 Å². The summed E-state index contributed by atoms with van der Waals surface area (Å²) < 4.78 is 10.8. The fraction of sp³-hybridized carbons (Fsp3) is 0.467. The molecule has 3 heteroatoms. The van der Waals surface area contributed by atoms with Crippen LogP contribution < -0.4 is 14.8 Å². The van der Waals surface area contributed by atoms with Gasteiger partial charge in [-0.15, -0.1) is 0 Å². The quantitative estimate of drug-likeness (QED) is 0.805. The Balaban J connectivity index is 2.99. The Morgan fingerprint density at radius 2 is 2.06 bits per heavy atom. The third-order valence-electron chi connectivity index (χ3n) is 2.72. The van der Waals surface area contributed by atoms with Gasteiger partial charge in [0.2, 0.25) is 0 Å². The van der Waals surface area contributed by atoms with Gasteiger partial charge in [0.25, 0.3) is 0 Å². The van der Waals surface area contributed by atoms with Crippen molar-refractivity contribution in [3.8, 4) is 11.5 Å². The van der Waals surface area contributed by atoms with Crippen molar-refractivity contribution in [2.75, 3.05) is 27.3 Å². The molecular weight excluding hydrogens is 226 g/mol. The van der Waals surface area contributed by atoms with E-state index in [0.717, 1.165) is 30.0 Å². The third kappa shape index (κ3) is 4.08. The lowest BCUT2D eigenvalue weighted by Crippen LogP contribution is -2.09. The number of methoxy groups -OCH3 is 1. The fourth-order valence-electron chi connectivity index (χ4n) is 1.79. The molecule has 0 spiro atoms. The molecule has 0 unspecified atom stereocenters. The molecule has 1 N–H and O–H groups in total. The minimum atomic E-state index is 0.640. The van der Waals surface area contributed by atoms with E-state index in [2.05, 4.69) is 18.3 Å². The van der Waals surface area contributed by atoms with Crippen molar-refractivity contribution >= 4 is 6.08 Å². The zero-order valence-corrected chi connectivity index (χ0v) is 11.7. The molecule has 0 radical (unpaired) electrons. The van der Waals surface area contributed by atoms with Crippen molar-refractivity contribution < 1.29 is 9.47 Å². The van der Waals surface area contributed by atoms with E-state index in [-0.39, 0.29) is 0 Å². The summed E-state index contributed by atoms with van der Waals surface area (Å²) >= 11 is 0. The highest BCUT2D eigenvalue weighted by Crippen LogP contribution is 2.29. The molecule has 18 heavy (non-hydrogen) atoms. The topological polar surface area (TPSA) is 30.5 Å². The van der Waals surface area contributed by atoms with Crippen LogP contribution in [0.2, 0.25) is 0 Å². The highest BCUT2D eigenvalue weighted by molar-refractivity contribution is 5.58. The highest BCUT2D eigenvalue weighted by Gasteiger charge is 2.04. The minimum Gasteiger partial charge on any atom is -0.493 e. The molecule has 0 aliphatic rings. The number of hydrogen-bond acceptors (Lipinski definition) is 3. The van der Waals surface area contributed by atoms with Crippen molar-refractivity contribution in [3.05, 3.63) is 29.3 Å². The molecule has 0 bridgehead atoms. The Labute approximate surface area is 110 Å². The smallest absolute Gasteiger partial charge is 0.161 e. The molecule has 0 saturated carbocycles. The molecular formula is C15H23NO2. The average molecular weight is 249 g/mol. The Morgan fingerprint density at radius 3 is 2.61 bits per heavy atom. The van der Waals surface area contributed by atoms with E-state index in [4.69, 9.17) is 9.47 Å². The standard InChI is InChI=1S/C15H23NO2/c1-5-12(11-16-3)9-13-7-8-14(17-4)15(10-13)18-6-2/h7-10,16H,5-6,11H2,1-4H3. The summed E-state index contributed by atoms with van der Waals surface area (Å²) in [6, 6.07) is 6.02. The van der Waals surface area contributed by atoms with E-state index < -0.39 is 0 Å². The second-order valence-electron chi connectivity index (χ2n) is 4.03. The number of rotatable bonds is 7. The van der Waals surface area contributed by atoms with E-state index in [0.29, 0.717) is 6.61 Å².